The van der Waals surface area contributed by atoms with Crippen LogP contribution >= 0.6 is 23.2 Å². The molecule has 26 heavy (non-hydrogen) atoms. The van der Waals surface area contributed by atoms with Crippen molar-refractivity contribution in [3.05, 3.63) is 39.6 Å². The van der Waals surface area contributed by atoms with Gasteiger partial charge in [0.05, 0.1) is 22.7 Å². The molecule has 1 amide bonds. The highest BCUT2D eigenvalue weighted by Crippen LogP contribution is 2.30. The molecule has 0 bridgehead atoms. The second-order valence-electron chi connectivity index (χ2n) is 5.84. The normalized spacial score (nSPS) is 12.7. The van der Waals surface area contributed by atoms with Crippen molar-refractivity contribution in [2.24, 2.45) is 7.05 Å². The van der Waals surface area contributed by atoms with Gasteiger partial charge in [0.2, 0.25) is 10.0 Å². The number of sulfonamides is 1. The summed E-state index contributed by atoms with van der Waals surface area (Å²) in [6.45, 7) is 4.77. The first-order valence-electron chi connectivity index (χ1n) is 7.59. The Balaban J connectivity index is 2.41. The van der Waals surface area contributed by atoms with Crippen molar-refractivity contribution in [1.82, 2.24) is 9.78 Å². The number of anilines is 1. The molecular formula is C16H19Cl2N3O4S. The van der Waals surface area contributed by atoms with E-state index >= 15 is 0 Å². The molecule has 1 heterocycles. The van der Waals surface area contributed by atoms with E-state index < -0.39 is 22.0 Å². The number of hydrogen-bond acceptors (Lipinski definition) is 5. The fourth-order valence-electron chi connectivity index (χ4n) is 2.47. The quantitative estimate of drug-likeness (QED) is 0.743. The van der Waals surface area contributed by atoms with Crippen LogP contribution in [0.25, 0.3) is 0 Å². The zero-order valence-electron chi connectivity index (χ0n) is 14.9. The molecule has 0 aliphatic heterocycles. The minimum Gasteiger partial charge on any atom is -0.479 e. The Labute approximate surface area is 162 Å². The van der Waals surface area contributed by atoms with E-state index in [9.17, 15) is 13.2 Å². The number of rotatable bonds is 5. The van der Waals surface area contributed by atoms with E-state index in [0.717, 1.165) is 10.6 Å². The Hall–Kier alpha value is -1.77. The Morgan fingerprint density at radius 3 is 2.38 bits per heavy atom. The van der Waals surface area contributed by atoms with Crippen LogP contribution in [0.5, 0.6) is 5.75 Å². The molecule has 1 aromatic heterocycles. The minimum absolute atomic E-state index is 0.219. The van der Waals surface area contributed by atoms with Gasteiger partial charge in [0.15, 0.2) is 6.10 Å². The average Bonchev–Trinajstić information content (AvgIpc) is 2.75. The molecule has 0 radical (unpaired) electrons. The number of amides is 1. The summed E-state index contributed by atoms with van der Waals surface area (Å²) >= 11 is 11.9. The van der Waals surface area contributed by atoms with Gasteiger partial charge in [-0.15, -0.1) is 0 Å². The maximum Gasteiger partial charge on any atom is 0.281 e. The van der Waals surface area contributed by atoms with E-state index in [1.165, 1.54) is 23.7 Å². The van der Waals surface area contributed by atoms with Crippen molar-refractivity contribution >= 4 is 44.8 Å². The number of carbonyl (C=O) groups excluding carboxylic acids is 1. The number of carbonyl (C=O) groups is 1. The van der Waals surface area contributed by atoms with Gasteiger partial charge in [0.25, 0.3) is 5.91 Å². The fraction of sp³-hybridized carbons (Fsp3) is 0.375. The van der Waals surface area contributed by atoms with E-state index in [1.807, 2.05) is 0 Å². The van der Waals surface area contributed by atoms with E-state index in [0.29, 0.717) is 16.4 Å². The van der Waals surface area contributed by atoms with Crippen molar-refractivity contribution in [3.8, 4) is 5.75 Å². The molecule has 0 saturated carbocycles. The van der Waals surface area contributed by atoms with Crippen molar-refractivity contribution in [3.63, 3.8) is 0 Å². The predicted octanol–water partition coefficient (Wildman–Crippen LogP) is 3.10. The van der Waals surface area contributed by atoms with Gasteiger partial charge in [0.1, 0.15) is 11.4 Å². The SMILES string of the molecule is Cc1nn(C)c(C)c1N(C(=O)C(C)Oc1ccc(Cl)cc1Cl)S(C)(=O)=O. The van der Waals surface area contributed by atoms with Crippen molar-refractivity contribution in [2.45, 2.75) is 26.9 Å². The third-order valence-electron chi connectivity index (χ3n) is 3.75. The smallest absolute Gasteiger partial charge is 0.281 e. The van der Waals surface area contributed by atoms with Crippen LogP contribution in [-0.4, -0.2) is 36.5 Å². The van der Waals surface area contributed by atoms with Gasteiger partial charge in [-0.25, -0.2) is 12.7 Å². The average molecular weight is 420 g/mol. The number of nitrogens with zero attached hydrogens (tertiary/aromatic N) is 3. The molecule has 0 spiro atoms. The zero-order chi connectivity index (χ0) is 19.8. The molecule has 2 rings (SSSR count). The van der Waals surface area contributed by atoms with Gasteiger partial charge < -0.3 is 4.74 Å². The highest BCUT2D eigenvalue weighted by Gasteiger charge is 2.34. The zero-order valence-corrected chi connectivity index (χ0v) is 17.3. The summed E-state index contributed by atoms with van der Waals surface area (Å²) < 4.78 is 32.5. The summed E-state index contributed by atoms with van der Waals surface area (Å²) in [7, 11) is -2.24. The second-order valence-corrected chi connectivity index (χ2v) is 8.52. The molecule has 0 N–H and O–H groups in total. The summed E-state index contributed by atoms with van der Waals surface area (Å²) in [6.07, 6.45) is -0.152. The fourth-order valence-corrected chi connectivity index (χ4v) is 4.00. The highest BCUT2D eigenvalue weighted by atomic mass is 35.5. The molecule has 0 aliphatic rings. The van der Waals surface area contributed by atoms with Crippen molar-refractivity contribution in [1.29, 1.82) is 0 Å². The van der Waals surface area contributed by atoms with Crippen molar-refractivity contribution in [2.75, 3.05) is 10.6 Å². The Kier molecular flexibility index (Phi) is 5.89. The van der Waals surface area contributed by atoms with Gasteiger partial charge in [-0.3, -0.25) is 9.48 Å². The monoisotopic (exact) mass is 419 g/mol. The van der Waals surface area contributed by atoms with Crippen LogP contribution in [0.1, 0.15) is 18.3 Å². The standard InChI is InChI=1S/C16H19Cl2N3O4S/c1-9-15(10(2)20(4)19-9)21(26(5,23)24)16(22)11(3)25-14-7-6-12(17)8-13(14)18/h6-8,11H,1-5H3. The third-order valence-corrected chi connectivity index (χ3v) is 5.31. The number of ether oxygens (including phenoxy) is 1. The lowest BCUT2D eigenvalue weighted by molar-refractivity contribution is -0.123. The summed E-state index contributed by atoms with van der Waals surface area (Å²) in [5.74, 6) is -0.525. The summed E-state index contributed by atoms with van der Waals surface area (Å²) in [5.41, 5.74) is 1.18. The number of halogens is 2. The highest BCUT2D eigenvalue weighted by molar-refractivity contribution is 7.92. The lowest BCUT2D eigenvalue weighted by Gasteiger charge is -2.24. The molecule has 1 unspecified atom stereocenters. The van der Waals surface area contributed by atoms with Crippen LogP contribution in [0.3, 0.4) is 0 Å². The van der Waals surface area contributed by atoms with Crippen LogP contribution in [0, 0.1) is 13.8 Å². The molecule has 7 nitrogen and oxygen atoms in total. The van der Waals surface area contributed by atoms with E-state index in [4.69, 9.17) is 27.9 Å². The molecule has 0 fully saturated rings. The number of aromatic nitrogens is 2. The van der Waals surface area contributed by atoms with E-state index in [-0.39, 0.29) is 16.5 Å². The van der Waals surface area contributed by atoms with Crippen LogP contribution in [0.15, 0.2) is 18.2 Å². The molecule has 1 atom stereocenters. The lowest BCUT2D eigenvalue weighted by atomic mass is 10.2. The van der Waals surface area contributed by atoms with Crippen LogP contribution < -0.4 is 9.04 Å². The minimum atomic E-state index is -3.91. The molecule has 2 aromatic rings. The first kappa shape index (κ1) is 20.5. The maximum atomic E-state index is 12.9. The molecule has 1 aromatic carbocycles. The van der Waals surface area contributed by atoms with Gasteiger partial charge in [-0.1, -0.05) is 23.2 Å². The van der Waals surface area contributed by atoms with Crippen LogP contribution in [0.2, 0.25) is 10.0 Å². The molecular weight excluding hydrogens is 401 g/mol. The largest absolute Gasteiger partial charge is 0.479 e. The third kappa shape index (κ3) is 4.13. The van der Waals surface area contributed by atoms with Gasteiger partial charge in [-0.05, 0) is 39.0 Å². The summed E-state index contributed by atoms with van der Waals surface area (Å²) in [5, 5.41) is 4.81. The topological polar surface area (TPSA) is 81.5 Å². The molecule has 0 aliphatic carbocycles. The number of aryl methyl sites for hydroxylation is 2. The van der Waals surface area contributed by atoms with Gasteiger partial charge in [-0.2, -0.15) is 5.10 Å². The number of benzene rings is 1. The maximum absolute atomic E-state index is 12.9. The first-order chi connectivity index (χ1) is 11.9. The Morgan fingerprint density at radius 2 is 1.92 bits per heavy atom. The summed E-state index contributed by atoms with van der Waals surface area (Å²) in [6, 6.07) is 4.54. The number of hydrogen-bond donors (Lipinski definition) is 0. The predicted molar refractivity (Wildman–Crippen MR) is 102 cm³/mol. The van der Waals surface area contributed by atoms with Gasteiger partial charge in [0, 0.05) is 12.1 Å². The molecule has 10 heteroatoms. The summed E-state index contributed by atoms with van der Waals surface area (Å²) in [4.78, 5) is 12.9. The van der Waals surface area contributed by atoms with E-state index in [2.05, 4.69) is 5.10 Å². The molecule has 0 saturated heterocycles. The Bertz CT molecular complexity index is 957. The Morgan fingerprint density at radius 1 is 1.31 bits per heavy atom. The van der Waals surface area contributed by atoms with E-state index in [1.54, 1.807) is 27.0 Å². The second kappa shape index (κ2) is 7.46. The lowest BCUT2D eigenvalue weighted by Crippen LogP contribution is -2.44. The van der Waals surface area contributed by atoms with Crippen LogP contribution in [-0.2, 0) is 21.9 Å². The van der Waals surface area contributed by atoms with Crippen LogP contribution in [0.4, 0.5) is 5.69 Å². The van der Waals surface area contributed by atoms with Crippen molar-refractivity contribution < 1.29 is 17.9 Å². The van der Waals surface area contributed by atoms with Gasteiger partial charge >= 0.3 is 0 Å². The first-order valence-corrected chi connectivity index (χ1v) is 10.2. The molecule has 142 valence electrons.